The molecule has 2 N–H and O–H groups in total. The molecule has 200 valence electrons. The fourth-order valence-electron chi connectivity index (χ4n) is 4.45. The van der Waals surface area contributed by atoms with Gasteiger partial charge in [-0.3, -0.25) is 4.90 Å². The molecule has 0 radical (unpaired) electrons. The topological polar surface area (TPSA) is 83.6 Å². The van der Waals surface area contributed by atoms with E-state index < -0.39 is 24.0 Å². The normalized spacial score (nSPS) is 18.7. The standard InChI is InChI=1S/C25H27F5N4O3/c1-24(36,15-35)19-3-2-10-33(13-19)12-17-6-9-20(11-22(17)37-23(26)27)34-14-21(31-32-34)16-4-7-18(8-5-16)25(28,29)30/h4-9,11,14,19,23,35-36H,2-3,10,12-13,15H2,1H3/t19-,24+/m0/s1. The molecule has 1 aromatic heterocycles. The van der Waals surface area contributed by atoms with Gasteiger partial charge in [-0.15, -0.1) is 5.10 Å². The van der Waals surface area contributed by atoms with E-state index in [0.717, 1.165) is 25.0 Å². The van der Waals surface area contributed by atoms with Gasteiger partial charge < -0.3 is 14.9 Å². The molecule has 3 aromatic rings. The van der Waals surface area contributed by atoms with Gasteiger partial charge in [-0.25, -0.2) is 4.68 Å². The van der Waals surface area contributed by atoms with E-state index in [1.165, 1.54) is 29.1 Å². The molecule has 0 bridgehead atoms. The highest BCUT2D eigenvalue weighted by molar-refractivity contribution is 5.59. The molecule has 1 fully saturated rings. The number of hydrogen-bond acceptors (Lipinski definition) is 6. The van der Waals surface area contributed by atoms with Crippen LogP contribution in [0.15, 0.2) is 48.7 Å². The molecule has 7 nitrogen and oxygen atoms in total. The number of nitrogens with zero attached hydrogens (tertiary/aromatic N) is 4. The maximum Gasteiger partial charge on any atom is 0.416 e. The van der Waals surface area contributed by atoms with E-state index in [0.29, 0.717) is 42.1 Å². The lowest BCUT2D eigenvalue weighted by atomic mass is 9.83. The number of rotatable bonds is 8. The summed E-state index contributed by atoms with van der Waals surface area (Å²) in [5.74, 6) is -0.209. The second-order valence-corrected chi connectivity index (χ2v) is 9.38. The first kappa shape index (κ1) is 27.0. The predicted molar refractivity (Wildman–Crippen MR) is 124 cm³/mol. The molecule has 4 rings (SSSR count). The van der Waals surface area contributed by atoms with Crippen molar-refractivity contribution >= 4 is 0 Å². The molecular formula is C25H27F5N4O3. The fraction of sp³-hybridized carbons (Fsp3) is 0.440. The van der Waals surface area contributed by atoms with Gasteiger partial charge in [-0.2, -0.15) is 22.0 Å². The van der Waals surface area contributed by atoms with Crippen LogP contribution in [0.2, 0.25) is 0 Å². The average Bonchev–Trinajstić information content (AvgIpc) is 3.35. The molecule has 12 heteroatoms. The van der Waals surface area contributed by atoms with E-state index in [4.69, 9.17) is 4.74 Å². The van der Waals surface area contributed by atoms with Crippen LogP contribution in [0.3, 0.4) is 0 Å². The van der Waals surface area contributed by atoms with E-state index in [1.54, 1.807) is 19.1 Å². The van der Waals surface area contributed by atoms with Crippen molar-refractivity contribution in [3.8, 4) is 22.7 Å². The van der Waals surface area contributed by atoms with Gasteiger partial charge in [0.1, 0.15) is 11.4 Å². The van der Waals surface area contributed by atoms with E-state index in [9.17, 15) is 32.2 Å². The summed E-state index contributed by atoms with van der Waals surface area (Å²) in [7, 11) is 0. The highest BCUT2D eigenvalue weighted by Gasteiger charge is 2.35. The van der Waals surface area contributed by atoms with E-state index in [1.807, 2.05) is 4.90 Å². The summed E-state index contributed by atoms with van der Waals surface area (Å²) >= 11 is 0. The van der Waals surface area contributed by atoms with Crippen LogP contribution >= 0.6 is 0 Å². The number of aliphatic hydroxyl groups is 2. The zero-order chi connectivity index (χ0) is 26.8. The summed E-state index contributed by atoms with van der Waals surface area (Å²) in [6.07, 6.45) is -1.44. The number of likely N-dealkylation sites (tertiary alicyclic amines) is 1. The minimum absolute atomic E-state index is 0.0462. The lowest BCUT2D eigenvalue weighted by Crippen LogP contribution is -2.47. The van der Waals surface area contributed by atoms with Crippen molar-refractivity contribution in [2.24, 2.45) is 5.92 Å². The molecule has 0 saturated carbocycles. The quantitative estimate of drug-likeness (QED) is 0.421. The molecule has 2 heterocycles. The molecule has 2 aromatic carbocycles. The molecule has 0 amide bonds. The Morgan fingerprint density at radius 2 is 1.86 bits per heavy atom. The highest BCUT2D eigenvalue weighted by Crippen LogP contribution is 2.32. The predicted octanol–water partition coefficient (Wildman–Crippen LogP) is 4.51. The zero-order valence-corrected chi connectivity index (χ0v) is 20.0. The van der Waals surface area contributed by atoms with Gasteiger partial charge in [-0.1, -0.05) is 23.4 Å². The average molecular weight is 527 g/mol. The van der Waals surface area contributed by atoms with Gasteiger partial charge in [0, 0.05) is 36.2 Å². The van der Waals surface area contributed by atoms with E-state index >= 15 is 0 Å². The minimum Gasteiger partial charge on any atom is -0.434 e. The smallest absolute Gasteiger partial charge is 0.416 e. The van der Waals surface area contributed by atoms with Gasteiger partial charge in [-0.05, 0) is 44.5 Å². The Labute approximate surface area is 210 Å². The third-order valence-corrected chi connectivity index (χ3v) is 6.63. The van der Waals surface area contributed by atoms with Crippen LogP contribution in [0.25, 0.3) is 16.9 Å². The monoisotopic (exact) mass is 526 g/mol. The third kappa shape index (κ3) is 6.43. The van der Waals surface area contributed by atoms with Crippen LogP contribution in [-0.4, -0.2) is 62.0 Å². The minimum atomic E-state index is -4.45. The number of alkyl halides is 5. The lowest BCUT2D eigenvalue weighted by molar-refractivity contribution is -0.137. The van der Waals surface area contributed by atoms with Crippen molar-refractivity contribution in [2.45, 2.75) is 44.7 Å². The summed E-state index contributed by atoms with van der Waals surface area (Å²) < 4.78 is 71.0. The van der Waals surface area contributed by atoms with Gasteiger partial charge >= 0.3 is 12.8 Å². The number of piperidine rings is 1. The van der Waals surface area contributed by atoms with Crippen LogP contribution in [0.5, 0.6) is 5.75 Å². The summed E-state index contributed by atoms with van der Waals surface area (Å²) in [6.45, 7) is -0.355. The number of halogens is 5. The second kappa shape index (κ2) is 10.7. The van der Waals surface area contributed by atoms with Crippen molar-refractivity contribution < 1.29 is 36.9 Å². The van der Waals surface area contributed by atoms with Crippen molar-refractivity contribution in [3.05, 3.63) is 59.8 Å². The molecule has 1 aliphatic heterocycles. The van der Waals surface area contributed by atoms with Crippen molar-refractivity contribution in [1.29, 1.82) is 0 Å². The zero-order valence-electron chi connectivity index (χ0n) is 20.0. The Morgan fingerprint density at radius 1 is 1.14 bits per heavy atom. The summed E-state index contributed by atoms with van der Waals surface area (Å²) in [5, 5.41) is 27.9. The maximum atomic E-state index is 13.2. The van der Waals surface area contributed by atoms with Crippen LogP contribution in [0.4, 0.5) is 22.0 Å². The number of benzene rings is 2. The van der Waals surface area contributed by atoms with Crippen LogP contribution in [0, 0.1) is 5.92 Å². The molecule has 0 aliphatic carbocycles. The molecule has 1 saturated heterocycles. The summed E-state index contributed by atoms with van der Waals surface area (Å²) in [6, 6.07) is 9.16. The molecule has 2 atom stereocenters. The first-order valence-corrected chi connectivity index (χ1v) is 11.7. The van der Waals surface area contributed by atoms with Gasteiger partial charge in [0.25, 0.3) is 0 Å². The maximum absolute atomic E-state index is 13.2. The molecular weight excluding hydrogens is 499 g/mol. The third-order valence-electron chi connectivity index (χ3n) is 6.63. The molecule has 37 heavy (non-hydrogen) atoms. The first-order chi connectivity index (χ1) is 17.5. The lowest BCUT2D eigenvalue weighted by Gasteiger charge is -2.39. The number of ether oxygens (including phenoxy) is 1. The Balaban J connectivity index is 1.54. The number of hydrogen-bond donors (Lipinski definition) is 2. The first-order valence-electron chi connectivity index (χ1n) is 11.7. The Hall–Kier alpha value is -3.09. The SMILES string of the molecule is C[C@@](O)(CO)[C@H]1CCCN(Cc2ccc(-n3cc(-c4ccc(C(F)(F)F)cc4)nn3)cc2OC(F)F)C1. The number of aromatic nitrogens is 3. The van der Waals surface area contributed by atoms with E-state index in [2.05, 4.69) is 10.3 Å². The highest BCUT2D eigenvalue weighted by atomic mass is 19.4. The fourth-order valence-corrected chi connectivity index (χ4v) is 4.45. The Bertz CT molecular complexity index is 1200. The molecule has 1 aliphatic rings. The molecule has 0 spiro atoms. The Kier molecular flexibility index (Phi) is 7.81. The summed E-state index contributed by atoms with van der Waals surface area (Å²) in [4.78, 5) is 2.02. The van der Waals surface area contributed by atoms with Gasteiger partial charge in [0.05, 0.1) is 29.7 Å². The second-order valence-electron chi connectivity index (χ2n) is 9.38. The van der Waals surface area contributed by atoms with Crippen molar-refractivity contribution in [3.63, 3.8) is 0 Å². The van der Waals surface area contributed by atoms with Crippen LogP contribution < -0.4 is 4.74 Å². The number of aliphatic hydroxyl groups excluding tert-OH is 1. The van der Waals surface area contributed by atoms with Crippen LogP contribution in [0.1, 0.15) is 30.9 Å². The van der Waals surface area contributed by atoms with Gasteiger partial charge in [0.2, 0.25) is 0 Å². The Morgan fingerprint density at radius 3 is 2.51 bits per heavy atom. The summed E-state index contributed by atoms with van der Waals surface area (Å²) in [5.41, 5.74) is -0.403. The van der Waals surface area contributed by atoms with E-state index in [-0.39, 0.29) is 18.3 Å². The van der Waals surface area contributed by atoms with Crippen molar-refractivity contribution in [2.75, 3.05) is 19.7 Å². The van der Waals surface area contributed by atoms with Gasteiger partial charge in [0.15, 0.2) is 0 Å². The largest absolute Gasteiger partial charge is 0.434 e. The molecule has 0 unspecified atom stereocenters. The van der Waals surface area contributed by atoms with Crippen molar-refractivity contribution in [1.82, 2.24) is 19.9 Å². The van der Waals surface area contributed by atoms with Crippen LogP contribution in [-0.2, 0) is 12.7 Å².